The number of hydrogen-bond donors (Lipinski definition) is 8. The Kier molecular flexibility index (Phi) is 7.28. The Morgan fingerprint density at radius 1 is 0.773 bits per heavy atom. The lowest BCUT2D eigenvalue weighted by atomic mass is 10.8. The van der Waals surface area contributed by atoms with Gasteiger partial charge in [-0.1, -0.05) is 0 Å². The maximum absolute atomic E-state index is 3.84. The minimum absolute atomic E-state index is 0.900. The van der Waals surface area contributed by atoms with E-state index in [0.717, 1.165) is 26.2 Å². The second kappa shape index (κ2) is 8.32. The third-order valence-electron chi connectivity index (χ3n) is 3.01. The summed E-state index contributed by atoms with van der Waals surface area (Å²) in [6.45, 7) is 10.4. The summed E-state index contributed by atoms with van der Waals surface area (Å²) in [6.07, 6.45) is 2.03. The first-order valence-corrected chi connectivity index (χ1v) is 14.6. The first-order valence-electron chi connectivity index (χ1n) is 7.74. The van der Waals surface area contributed by atoms with E-state index in [1.54, 1.807) is 0 Å². The monoisotopic (exact) mass is 387 g/mol. The van der Waals surface area contributed by atoms with Crippen molar-refractivity contribution < 1.29 is 0 Å². The van der Waals surface area contributed by atoms with Crippen LogP contribution in [-0.4, -0.2) is 26.2 Å². The molecule has 0 bridgehead atoms. The van der Waals surface area contributed by atoms with Crippen LogP contribution in [0.5, 0.6) is 0 Å². The molecule has 128 valence electrons. The zero-order valence-electron chi connectivity index (χ0n) is 13.7. The molecule has 0 amide bonds. The molecule has 8 N–H and O–H groups in total. The summed E-state index contributed by atoms with van der Waals surface area (Å²) < 4.78 is 0. The molecule has 0 saturated carbocycles. The van der Waals surface area contributed by atoms with Crippen LogP contribution in [0.4, 0.5) is 0 Å². The topological polar surface area (TPSA) is 96.2 Å². The van der Waals surface area contributed by atoms with E-state index in [2.05, 4.69) is 73.1 Å². The Hall–Kier alpha value is 0.900. The molecule has 0 aromatic carbocycles. The highest BCUT2D eigenvalue weighted by Crippen LogP contribution is 2.79. The molecule has 22 heavy (non-hydrogen) atoms. The van der Waals surface area contributed by atoms with E-state index < -0.39 is 22.6 Å². The van der Waals surface area contributed by atoms with Crippen LogP contribution in [0.25, 0.3) is 0 Å². The Morgan fingerprint density at radius 2 is 1.23 bits per heavy atom. The van der Waals surface area contributed by atoms with Crippen LogP contribution < -0.4 is 40.0 Å². The standard InChI is InChI=1S/C10H30N8P3S/c1-5-11-19(12-6-2)16-20(13-7-3,14-8-4)18-21(17-19)15-9-10-22-21/h9-18H,5-8H2,1-4H3/q+3. The summed E-state index contributed by atoms with van der Waals surface area (Å²) in [4.78, 5) is 11.5. The van der Waals surface area contributed by atoms with Crippen molar-refractivity contribution in [3.05, 3.63) is 11.6 Å². The summed E-state index contributed by atoms with van der Waals surface area (Å²) in [5.41, 5.74) is 0. The summed E-state index contributed by atoms with van der Waals surface area (Å²) in [5, 5.41) is 20.3. The quantitative estimate of drug-likeness (QED) is 0.298. The fraction of sp³-hybridized carbons (Fsp3) is 0.800. The molecule has 12 heteroatoms. The molecule has 2 aliphatic rings. The largest absolute Gasteiger partial charge is 0.387 e. The van der Waals surface area contributed by atoms with Crippen molar-refractivity contribution in [2.75, 3.05) is 26.2 Å². The van der Waals surface area contributed by atoms with Crippen molar-refractivity contribution in [3.63, 3.8) is 0 Å². The molecule has 2 rings (SSSR count). The Bertz CT molecular complexity index is 352. The van der Waals surface area contributed by atoms with Crippen molar-refractivity contribution in [2.45, 2.75) is 27.7 Å². The lowest BCUT2D eigenvalue weighted by Crippen LogP contribution is -2.59. The van der Waals surface area contributed by atoms with Gasteiger partial charge in [0, 0.05) is 52.4 Å². The predicted molar refractivity (Wildman–Crippen MR) is 105 cm³/mol. The normalized spacial score (nSPS) is 24.5. The number of nitrogens with one attached hydrogen (secondary N) is 8. The van der Waals surface area contributed by atoms with Gasteiger partial charge in [-0.15, -0.1) is 20.3 Å². The van der Waals surface area contributed by atoms with Crippen molar-refractivity contribution in [3.8, 4) is 0 Å². The molecule has 0 atom stereocenters. The summed E-state index contributed by atoms with van der Waals surface area (Å²) >= 11 is 1.83. The third kappa shape index (κ3) is 4.29. The van der Waals surface area contributed by atoms with Gasteiger partial charge in [0.05, 0.1) is 0 Å². The van der Waals surface area contributed by atoms with Gasteiger partial charge >= 0.3 is 22.6 Å². The van der Waals surface area contributed by atoms with Gasteiger partial charge in [0.1, 0.15) is 11.4 Å². The molecule has 1 fully saturated rings. The molecular formula is C10H30N8P3S+3. The van der Waals surface area contributed by atoms with Gasteiger partial charge in [-0.25, -0.2) is 5.09 Å². The van der Waals surface area contributed by atoms with E-state index in [9.17, 15) is 0 Å². The summed E-state index contributed by atoms with van der Waals surface area (Å²) in [6, 6.07) is 0. The maximum Gasteiger partial charge on any atom is 0.387 e. The molecule has 0 unspecified atom stereocenters. The van der Waals surface area contributed by atoms with E-state index >= 15 is 0 Å². The van der Waals surface area contributed by atoms with Gasteiger partial charge in [0.25, 0.3) is 0 Å². The van der Waals surface area contributed by atoms with Crippen molar-refractivity contribution in [1.82, 2.24) is 40.0 Å². The molecule has 0 aromatic rings. The van der Waals surface area contributed by atoms with Gasteiger partial charge in [-0.05, 0) is 27.7 Å². The van der Waals surface area contributed by atoms with Gasteiger partial charge < -0.3 is 0 Å². The number of hydrogen-bond acceptors (Lipinski definition) is 9. The van der Waals surface area contributed by atoms with Gasteiger partial charge in [0.2, 0.25) is 0 Å². The lowest BCUT2D eigenvalue weighted by Gasteiger charge is -2.38. The highest BCUT2D eigenvalue weighted by molar-refractivity contribution is 8.64. The second-order valence-corrected chi connectivity index (χ2v) is 15.4. The zero-order valence-corrected chi connectivity index (χ0v) is 17.2. The van der Waals surface area contributed by atoms with Crippen LogP contribution in [0.2, 0.25) is 0 Å². The van der Waals surface area contributed by atoms with Crippen LogP contribution >= 0.6 is 34.0 Å². The molecule has 8 nitrogen and oxygen atoms in total. The summed E-state index contributed by atoms with van der Waals surface area (Å²) in [5.74, 6) is 0. The molecule has 0 aliphatic carbocycles. The molecular weight excluding hydrogens is 357 g/mol. The number of rotatable bonds is 8. The Labute approximate surface area is 139 Å². The lowest BCUT2D eigenvalue weighted by molar-refractivity contribution is 0.842. The SMILES string of the molecule is CCN[P+]1(NCC)N[P+](NCC)(NCC)N[P+]2(NC=CS2)N1. The van der Waals surface area contributed by atoms with Crippen LogP contribution in [0, 0.1) is 0 Å². The average Bonchev–Trinajstić information content (AvgIpc) is 2.86. The van der Waals surface area contributed by atoms with Gasteiger partial charge in [0.15, 0.2) is 0 Å². The third-order valence-corrected chi connectivity index (χ3v) is 17.4. The van der Waals surface area contributed by atoms with Crippen LogP contribution in [0.1, 0.15) is 27.7 Å². The van der Waals surface area contributed by atoms with E-state index in [1.165, 1.54) is 0 Å². The molecule has 1 saturated heterocycles. The Morgan fingerprint density at radius 3 is 1.55 bits per heavy atom. The van der Waals surface area contributed by atoms with Gasteiger partial charge in [-0.3, -0.25) is 0 Å². The van der Waals surface area contributed by atoms with Crippen LogP contribution in [-0.2, 0) is 0 Å². The van der Waals surface area contributed by atoms with E-state index in [-0.39, 0.29) is 0 Å². The van der Waals surface area contributed by atoms with Crippen molar-refractivity contribution >= 4 is 34.0 Å². The van der Waals surface area contributed by atoms with E-state index in [0.29, 0.717) is 0 Å². The van der Waals surface area contributed by atoms with Crippen LogP contribution in [0.15, 0.2) is 11.6 Å². The zero-order chi connectivity index (χ0) is 16.1. The Balaban J connectivity index is 2.33. The van der Waals surface area contributed by atoms with Crippen molar-refractivity contribution in [2.24, 2.45) is 0 Å². The molecule has 2 aliphatic heterocycles. The fourth-order valence-electron chi connectivity index (χ4n) is 2.45. The molecule has 0 radical (unpaired) electrons. The maximum atomic E-state index is 3.84. The van der Waals surface area contributed by atoms with E-state index in [4.69, 9.17) is 0 Å². The van der Waals surface area contributed by atoms with Crippen molar-refractivity contribution in [1.29, 1.82) is 0 Å². The first-order chi connectivity index (χ1) is 10.6. The molecule has 2 heterocycles. The molecule has 1 spiro atoms. The predicted octanol–water partition coefficient (Wildman–Crippen LogP) is 2.05. The summed E-state index contributed by atoms with van der Waals surface area (Å²) in [7, 11) is -3.80. The van der Waals surface area contributed by atoms with Gasteiger partial charge in [-0.2, -0.15) is 0 Å². The second-order valence-electron chi connectivity index (χ2n) is 4.83. The minimum atomic E-state index is -1.90. The van der Waals surface area contributed by atoms with Crippen LogP contribution in [0.3, 0.4) is 0 Å². The first kappa shape index (κ1) is 19.2. The smallest absolute Gasteiger partial charge is 0.221 e. The average molecular weight is 387 g/mol. The minimum Gasteiger partial charge on any atom is -0.221 e. The molecule has 0 aromatic heterocycles. The highest BCUT2D eigenvalue weighted by Gasteiger charge is 2.73. The highest BCUT2D eigenvalue weighted by atomic mass is 32.7. The van der Waals surface area contributed by atoms with E-state index in [1.807, 2.05) is 17.6 Å². The fourth-order valence-corrected chi connectivity index (χ4v) is 19.5.